The standard InChI is InChI=1S/C20H24N4O3S/c1-5-7-12-28-18-15-17(23(3)20(26)24(4)19(15)25)21-16(22-18)13-8-10-14(11-9-13)27-6-2/h8-11H,5-7,12H2,1-4H3. The average Bonchev–Trinajstić information content (AvgIpc) is 2.71. The predicted octanol–water partition coefficient (Wildman–Crippen LogP) is 2.99. The first-order chi connectivity index (χ1) is 13.5. The number of ether oxygens (including phenoxy) is 1. The van der Waals surface area contributed by atoms with E-state index in [1.807, 2.05) is 31.2 Å². The molecule has 0 aliphatic heterocycles. The first-order valence-electron chi connectivity index (χ1n) is 9.31. The lowest BCUT2D eigenvalue weighted by atomic mass is 10.2. The smallest absolute Gasteiger partial charge is 0.332 e. The maximum Gasteiger partial charge on any atom is 0.332 e. The Morgan fingerprint density at radius 1 is 1.04 bits per heavy atom. The number of hydrogen-bond donors (Lipinski definition) is 0. The summed E-state index contributed by atoms with van der Waals surface area (Å²) in [6.07, 6.45) is 2.07. The van der Waals surface area contributed by atoms with Crippen LogP contribution < -0.4 is 16.0 Å². The van der Waals surface area contributed by atoms with Gasteiger partial charge in [0.25, 0.3) is 5.56 Å². The Labute approximate surface area is 167 Å². The number of benzene rings is 1. The van der Waals surface area contributed by atoms with E-state index in [1.54, 1.807) is 7.05 Å². The van der Waals surface area contributed by atoms with Crippen molar-refractivity contribution in [3.8, 4) is 17.1 Å². The fraction of sp³-hybridized carbons (Fsp3) is 0.400. The molecule has 8 heteroatoms. The molecule has 2 heterocycles. The van der Waals surface area contributed by atoms with Crippen LogP contribution in [0.4, 0.5) is 0 Å². The molecule has 2 aromatic heterocycles. The minimum absolute atomic E-state index is 0.353. The van der Waals surface area contributed by atoms with Gasteiger partial charge < -0.3 is 4.74 Å². The molecule has 3 aromatic rings. The molecule has 0 atom stereocenters. The van der Waals surface area contributed by atoms with Crippen LogP contribution in [0, 0.1) is 0 Å². The summed E-state index contributed by atoms with van der Waals surface area (Å²) >= 11 is 1.53. The van der Waals surface area contributed by atoms with E-state index in [1.165, 1.54) is 23.4 Å². The average molecular weight is 401 g/mol. The molecule has 0 amide bonds. The van der Waals surface area contributed by atoms with Crippen molar-refractivity contribution < 1.29 is 4.74 Å². The molecule has 0 aliphatic rings. The third-order valence-electron chi connectivity index (χ3n) is 4.43. The van der Waals surface area contributed by atoms with Gasteiger partial charge in [-0.05, 0) is 43.4 Å². The van der Waals surface area contributed by atoms with Gasteiger partial charge in [-0.1, -0.05) is 13.3 Å². The topological polar surface area (TPSA) is 79.0 Å². The summed E-state index contributed by atoms with van der Waals surface area (Å²) in [5.74, 6) is 2.10. The largest absolute Gasteiger partial charge is 0.494 e. The van der Waals surface area contributed by atoms with Gasteiger partial charge in [-0.25, -0.2) is 14.8 Å². The van der Waals surface area contributed by atoms with E-state index >= 15 is 0 Å². The number of aryl methyl sites for hydroxylation is 1. The summed E-state index contributed by atoms with van der Waals surface area (Å²) in [5.41, 5.74) is 0.385. The van der Waals surface area contributed by atoms with Crippen molar-refractivity contribution in [2.45, 2.75) is 31.7 Å². The van der Waals surface area contributed by atoms with Crippen LogP contribution in [-0.2, 0) is 14.1 Å². The van der Waals surface area contributed by atoms with Gasteiger partial charge in [-0.3, -0.25) is 13.9 Å². The number of thioether (sulfide) groups is 1. The molecule has 28 heavy (non-hydrogen) atoms. The minimum Gasteiger partial charge on any atom is -0.494 e. The van der Waals surface area contributed by atoms with Crippen LogP contribution in [0.1, 0.15) is 26.7 Å². The number of unbranched alkanes of at least 4 members (excludes halogenated alkanes) is 1. The lowest BCUT2D eigenvalue weighted by molar-refractivity contribution is 0.340. The quantitative estimate of drug-likeness (QED) is 0.345. The van der Waals surface area contributed by atoms with Crippen LogP contribution in [0.3, 0.4) is 0 Å². The second kappa shape index (κ2) is 8.60. The number of hydrogen-bond acceptors (Lipinski definition) is 6. The Bertz CT molecular complexity index is 1100. The summed E-state index contributed by atoms with van der Waals surface area (Å²) in [6.45, 7) is 4.64. The van der Waals surface area contributed by atoms with E-state index in [-0.39, 0.29) is 5.56 Å². The van der Waals surface area contributed by atoms with Crippen LogP contribution in [-0.4, -0.2) is 31.5 Å². The maximum atomic E-state index is 12.8. The van der Waals surface area contributed by atoms with Crippen molar-refractivity contribution in [3.05, 3.63) is 45.1 Å². The first-order valence-corrected chi connectivity index (χ1v) is 10.3. The summed E-state index contributed by atoms with van der Waals surface area (Å²) in [7, 11) is 3.10. The zero-order valence-electron chi connectivity index (χ0n) is 16.6. The van der Waals surface area contributed by atoms with Crippen molar-refractivity contribution in [1.82, 2.24) is 19.1 Å². The fourth-order valence-corrected chi connectivity index (χ4v) is 3.94. The Kier molecular flexibility index (Phi) is 6.18. The van der Waals surface area contributed by atoms with Gasteiger partial charge in [0, 0.05) is 19.7 Å². The molecule has 0 unspecified atom stereocenters. The third kappa shape index (κ3) is 3.82. The van der Waals surface area contributed by atoms with Crippen molar-refractivity contribution in [1.29, 1.82) is 0 Å². The van der Waals surface area contributed by atoms with Crippen molar-refractivity contribution in [3.63, 3.8) is 0 Å². The molecule has 0 fully saturated rings. The van der Waals surface area contributed by atoms with Crippen LogP contribution in [0.2, 0.25) is 0 Å². The summed E-state index contributed by atoms with van der Waals surface area (Å²) < 4.78 is 7.99. The summed E-state index contributed by atoms with van der Waals surface area (Å²) in [6, 6.07) is 7.48. The van der Waals surface area contributed by atoms with Crippen LogP contribution in [0.5, 0.6) is 5.75 Å². The number of nitrogens with zero attached hydrogens (tertiary/aromatic N) is 4. The maximum absolute atomic E-state index is 12.8. The van der Waals surface area contributed by atoms with Gasteiger partial charge in [0.15, 0.2) is 11.5 Å². The van der Waals surface area contributed by atoms with Gasteiger partial charge in [0.2, 0.25) is 0 Å². The second-order valence-corrected chi connectivity index (χ2v) is 7.50. The van der Waals surface area contributed by atoms with Crippen LogP contribution in [0.15, 0.2) is 38.9 Å². The molecule has 0 N–H and O–H groups in total. The number of aromatic nitrogens is 4. The summed E-state index contributed by atoms with van der Waals surface area (Å²) in [4.78, 5) is 34.4. The number of fused-ring (bicyclic) bond motifs is 1. The highest BCUT2D eigenvalue weighted by Gasteiger charge is 2.18. The molecular weight excluding hydrogens is 376 g/mol. The van der Waals surface area contributed by atoms with Gasteiger partial charge >= 0.3 is 5.69 Å². The van der Waals surface area contributed by atoms with E-state index in [0.717, 1.165) is 34.5 Å². The van der Waals surface area contributed by atoms with Crippen molar-refractivity contribution in [2.75, 3.05) is 12.4 Å². The third-order valence-corrected chi connectivity index (χ3v) is 5.49. The van der Waals surface area contributed by atoms with Crippen LogP contribution in [0.25, 0.3) is 22.4 Å². The molecule has 148 valence electrons. The Morgan fingerprint density at radius 2 is 1.75 bits per heavy atom. The monoisotopic (exact) mass is 400 g/mol. The molecular formula is C20H24N4O3S. The molecule has 0 aliphatic carbocycles. The van der Waals surface area contributed by atoms with Gasteiger partial charge in [0.1, 0.15) is 16.2 Å². The normalized spacial score (nSPS) is 11.1. The van der Waals surface area contributed by atoms with E-state index < -0.39 is 5.69 Å². The SMILES string of the molecule is CCCCSc1nc(-c2ccc(OCC)cc2)nc2c1c(=O)n(C)c(=O)n2C. The number of rotatable bonds is 7. The molecule has 0 saturated carbocycles. The highest BCUT2D eigenvalue weighted by Crippen LogP contribution is 2.27. The van der Waals surface area contributed by atoms with Crippen LogP contribution >= 0.6 is 11.8 Å². The lowest BCUT2D eigenvalue weighted by Gasteiger charge is -2.12. The molecule has 7 nitrogen and oxygen atoms in total. The molecule has 3 rings (SSSR count). The highest BCUT2D eigenvalue weighted by molar-refractivity contribution is 7.99. The molecule has 0 saturated heterocycles. The fourth-order valence-electron chi connectivity index (χ4n) is 2.84. The highest BCUT2D eigenvalue weighted by atomic mass is 32.2. The van der Waals surface area contributed by atoms with Gasteiger partial charge in [0.05, 0.1) is 6.61 Å². The van der Waals surface area contributed by atoms with Gasteiger partial charge in [-0.2, -0.15) is 0 Å². The first kappa shape index (κ1) is 20.1. The van der Waals surface area contributed by atoms with Crippen molar-refractivity contribution >= 4 is 22.8 Å². The van der Waals surface area contributed by atoms with Gasteiger partial charge in [-0.15, -0.1) is 11.8 Å². The second-order valence-electron chi connectivity index (χ2n) is 6.42. The van der Waals surface area contributed by atoms with E-state index in [0.29, 0.717) is 28.5 Å². The molecule has 0 spiro atoms. The Hall–Kier alpha value is -2.61. The van der Waals surface area contributed by atoms with Crippen molar-refractivity contribution in [2.24, 2.45) is 14.1 Å². The Morgan fingerprint density at radius 3 is 2.39 bits per heavy atom. The lowest BCUT2D eigenvalue weighted by Crippen LogP contribution is -2.37. The summed E-state index contributed by atoms with van der Waals surface area (Å²) in [5, 5.41) is 0.999. The van der Waals surface area contributed by atoms with E-state index in [4.69, 9.17) is 4.74 Å². The van der Waals surface area contributed by atoms with E-state index in [2.05, 4.69) is 16.9 Å². The predicted molar refractivity (Wildman–Crippen MR) is 112 cm³/mol. The molecule has 0 bridgehead atoms. The minimum atomic E-state index is -0.404. The molecule has 1 aromatic carbocycles. The molecule has 0 radical (unpaired) electrons. The van der Waals surface area contributed by atoms with E-state index in [9.17, 15) is 9.59 Å². The Balaban J connectivity index is 2.21. The zero-order chi connectivity index (χ0) is 20.3. The zero-order valence-corrected chi connectivity index (χ0v) is 17.4.